The molecule has 308 valence electrons. The number of hydrogen-bond acceptors (Lipinski definition) is 10. The van der Waals surface area contributed by atoms with Gasteiger partial charge in [0, 0.05) is 23.6 Å². The molecule has 0 saturated carbocycles. The van der Waals surface area contributed by atoms with Crippen LogP contribution in [0.2, 0.25) is 0 Å². The van der Waals surface area contributed by atoms with Crippen LogP contribution in [0.4, 0.5) is 0 Å². The van der Waals surface area contributed by atoms with E-state index in [0.29, 0.717) is 24.8 Å². The molecule has 58 heavy (non-hydrogen) atoms. The van der Waals surface area contributed by atoms with Crippen LogP contribution < -0.4 is 20.7 Å². The lowest BCUT2D eigenvalue weighted by Crippen LogP contribution is -2.49. The minimum atomic E-state index is -1.67. The van der Waals surface area contributed by atoms with Gasteiger partial charge in [0.25, 0.3) is 11.8 Å². The monoisotopic (exact) mass is 801 g/mol. The SMILES string of the molecule is CCCCC[C@@H](C(=O)NCNC(=O)c1ccc(-c2ccc(C(=O)N[C@@H](CC(=O)O)C(=O)O)c(OCC)c2)o1)[C@@H](CC)N(C=O)OC(=O)c1cccc(-n2cccc2)c1. The Morgan fingerprint density at radius 1 is 0.897 bits per heavy atom. The number of rotatable bonds is 23. The van der Waals surface area contributed by atoms with Crippen molar-refractivity contribution in [3.05, 3.63) is 96.0 Å². The van der Waals surface area contributed by atoms with Crippen molar-refractivity contribution in [1.29, 1.82) is 0 Å². The fraction of sp³-hybridized carbons (Fsp3) is 0.341. The number of furan rings is 1. The highest BCUT2D eigenvalue weighted by molar-refractivity contribution is 6.00. The number of nitrogens with one attached hydrogen (secondary N) is 3. The van der Waals surface area contributed by atoms with Crippen LogP contribution in [0.25, 0.3) is 17.0 Å². The normalized spacial score (nSPS) is 12.3. The van der Waals surface area contributed by atoms with Gasteiger partial charge in [-0.15, -0.1) is 0 Å². The van der Waals surface area contributed by atoms with Crippen LogP contribution in [0.3, 0.4) is 0 Å². The van der Waals surface area contributed by atoms with E-state index in [0.717, 1.165) is 23.6 Å². The Labute approximate surface area is 334 Å². The van der Waals surface area contributed by atoms with E-state index in [9.17, 15) is 38.7 Å². The van der Waals surface area contributed by atoms with E-state index in [1.165, 1.54) is 30.3 Å². The fourth-order valence-corrected chi connectivity index (χ4v) is 6.16. The van der Waals surface area contributed by atoms with Gasteiger partial charge >= 0.3 is 17.9 Å². The van der Waals surface area contributed by atoms with Crippen molar-refractivity contribution in [1.82, 2.24) is 25.6 Å². The molecule has 0 bridgehead atoms. The van der Waals surface area contributed by atoms with Crippen molar-refractivity contribution in [2.24, 2.45) is 5.92 Å². The van der Waals surface area contributed by atoms with Gasteiger partial charge in [0.2, 0.25) is 12.3 Å². The molecule has 4 amide bonds. The van der Waals surface area contributed by atoms with Crippen molar-refractivity contribution < 1.29 is 57.8 Å². The molecule has 0 spiro atoms. The first-order chi connectivity index (χ1) is 27.9. The molecule has 4 aromatic rings. The predicted octanol–water partition coefficient (Wildman–Crippen LogP) is 4.80. The molecule has 5 N–H and O–H groups in total. The summed E-state index contributed by atoms with van der Waals surface area (Å²) in [6.45, 7) is 5.30. The minimum Gasteiger partial charge on any atom is -0.493 e. The molecule has 2 aromatic heterocycles. The van der Waals surface area contributed by atoms with Gasteiger partial charge in [-0.2, -0.15) is 5.06 Å². The summed E-state index contributed by atoms with van der Waals surface area (Å²) >= 11 is 0. The lowest BCUT2D eigenvalue weighted by molar-refractivity contribution is -0.171. The molecule has 0 saturated heterocycles. The summed E-state index contributed by atoms with van der Waals surface area (Å²) < 4.78 is 13.2. The van der Waals surface area contributed by atoms with Crippen molar-refractivity contribution in [3.63, 3.8) is 0 Å². The highest BCUT2D eigenvalue weighted by atomic mass is 16.7. The molecule has 0 aliphatic heterocycles. The van der Waals surface area contributed by atoms with Crippen molar-refractivity contribution in [3.8, 4) is 22.8 Å². The summed E-state index contributed by atoms with van der Waals surface area (Å²) in [7, 11) is 0. The summed E-state index contributed by atoms with van der Waals surface area (Å²) in [5.74, 6) is -6.29. The standard InChI is InChI=1S/C41H47N5O12/c1-4-7-8-14-29(32(5-2)46(25-47)58-41(55)27-12-11-13-28(21-27)45-19-9-10-20-45)37(50)42-24-43-39(52)34-18-17-33(57-34)26-15-16-30(35(22-26)56-6-3)38(51)44-31(40(53)54)23-36(48)49/h9-13,15-22,25,29,31-32H,4-8,14,23-24H2,1-3H3,(H,42,50)(H,43,52)(H,44,51)(H,48,49)(H,53,54)/t29-,31+,32-/m1/s1. The van der Waals surface area contributed by atoms with Gasteiger partial charge in [0.1, 0.15) is 17.6 Å². The van der Waals surface area contributed by atoms with Crippen LogP contribution in [0.1, 0.15) is 90.6 Å². The first kappa shape index (κ1) is 43.8. The maximum Gasteiger partial charge on any atom is 0.363 e. The Balaban J connectivity index is 1.41. The number of hydrogen-bond donors (Lipinski definition) is 5. The van der Waals surface area contributed by atoms with Crippen molar-refractivity contribution in [2.75, 3.05) is 13.3 Å². The molecule has 2 heterocycles. The summed E-state index contributed by atoms with van der Waals surface area (Å²) in [4.78, 5) is 93.2. The molecule has 3 atom stereocenters. The second-order valence-corrected chi connectivity index (χ2v) is 13.1. The number of carbonyl (C=O) groups is 7. The van der Waals surface area contributed by atoms with Gasteiger partial charge in [-0.05, 0) is 74.4 Å². The molecular weight excluding hydrogens is 754 g/mol. The van der Waals surface area contributed by atoms with Crippen molar-refractivity contribution in [2.45, 2.75) is 71.4 Å². The van der Waals surface area contributed by atoms with Crippen LogP contribution in [0.15, 0.2) is 83.5 Å². The lowest BCUT2D eigenvalue weighted by atomic mass is 9.90. The zero-order valence-electron chi connectivity index (χ0n) is 32.3. The van der Waals surface area contributed by atoms with Gasteiger partial charge in [-0.25, -0.2) is 9.59 Å². The highest BCUT2D eigenvalue weighted by Crippen LogP contribution is 2.29. The maximum atomic E-state index is 13.6. The van der Waals surface area contributed by atoms with E-state index in [2.05, 4.69) is 16.0 Å². The third-order valence-corrected chi connectivity index (χ3v) is 9.08. The second-order valence-electron chi connectivity index (χ2n) is 13.1. The van der Waals surface area contributed by atoms with Gasteiger partial charge in [0.05, 0.1) is 42.8 Å². The molecule has 17 heteroatoms. The molecule has 0 aliphatic carbocycles. The van der Waals surface area contributed by atoms with Gasteiger partial charge < -0.3 is 44.7 Å². The maximum absolute atomic E-state index is 13.6. The van der Waals surface area contributed by atoms with E-state index in [4.69, 9.17) is 19.1 Å². The van der Waals surface area contributed by atoms with Crippen LogP contribution in [0.5, 0.6) is 5.75 Å². The number of benzene rings is 2. The van der Waals surface area contributed by atoms with Gasteiger partial charge in [-0.3, -0.25) is 24.0 Å². The van der Waals surface area contributed by atoms with E-state index in [1.807, 2.05) is 42.1 Å². The number of aromatic nitrogens is 1. The zero-order valence-corrected chi connectivity index (χ0v) is 32.3. The number of ether oxygens (including phenoxy) is 1. The predicted molar refractivity (Wildman–Crippen MR) is 208 cm³/mol. The smallest absolute Gasteiger partial charge is 0.363 e. The van der Waals surface area contributed by atoms with Crippen LogP contribution in [-0.4, -0.2) is 87.2 Å². The zero-order chi connectivity index (χ0) is 42.2. The quantitative estimate of drug-likeness (QED) is 0.0294. The number of aliphatic carboxylic acids is 2. The van der Waals surface area contributed by atoms with Gasteiger partial charge in [0.15, 0.2) is 5.76 Å². The Morgan fingerprint density at radius 2 is 1.66 bits per heavy atom. The van der Waals surface area contributed by atoms with Crippen molar-refractivity contribution >= 4 is 42.0 Å². The third-order valence-electron chi connectivity index (χ3n) is 9.08. The molecule has 0 fully saturated rings. The molecule has 0 aliphatic rings. The fourth-order valence-electron chi connectivity index (χ4n) is 6.16. The van der Waals surface area contributed by atoms with E-state index < -0.39 is 60.1 Å². The molecule has 0 unspecified atom stereocenters. The number of carboxylic acids is 2. The topological polar surface area (TPSA) is 236 Å². The Hall–Kier alpha value is -6.91. The number of carbonyl (C=O) groups excluding carboxylic acids is 5. The second kappa shape index (κ2) is 21.4. The molecule has 0 radical (unpaired) electrons. The largest absolute Gasteiger partial charge is 0.493 e. The number of amides is 4. The molecule has 2 aromatic carbocycles. The molecule has 17 nitrogen and oxygen atoms in total. The number of unbranched alkanes of at least 4 members (excludes halogenated alkanes) is 2. The lowest BCUT2D eigenvalue weighted by Gasteiger charge is -2.31. The summed E-state index contributed by atoms with van der Waals surface area (Å²) in [5, 5.41) is 26.7. The average molecular weight is 802 g/mol. The number of carboxylic acid groups (broad SMARTS) is 2. The summed E-state index contributed by atoms with van der Waals surface area (Å²) in [6.07, 6.45) is 6.23. The third kappa shape index (κ3) is 11.8. The average Bonchev–Trinajstić information content (AvgIpc) is 3.94. The molecular formula is C41H47N5O12. The van der Waals surface area contributed by atoms with Crippen LogP contribution in [0, 0.1) is 5.92 Å². The Bertz CT molecular complexity index is 2060. The van der Waals surface area contributed by atoms with E-state index in [1.54, 1.807) is 32.0 Å². The minimum absolute atomic E-state index is 0.0475. The number of nitrogens with zero attached hydrogens (tertiary/aromatic N) is 2. The van der Waals surface area contributed by atoms with Crippen LogP contribution in [-0.2, 0) is 24.0 Å². The Morgan fingerprint density at radius 3 is 2.31 bits per heavy atom. The highest BCUT2D eigenvalue weighted by Gasteiger charge is 2.34. The first-order valence-corrected chi connectivity index (χ1v) is 18.8. The van der Waals surface area contributed by atoms with Gasteiger partial charge in [-0.1, -0.05) is 45.2 Å². The first-order valence-electron chi connectivity index (χ1n) is 18.8. The van der Waals surface area contributed by atoms with Crippen LogP contribution >= 0.6 is 0 Å². The summed E-state index contributed by atoms with van der Waals surface area (Å²) in [5.41, 5.74) is 1.29. The Kier molecular flexibility index (Phi) is 16.2. The van der Waals surface area contributed by atoms with E-state index in [-0.39, 0.29) is 48.1 Å². The molecule has 4 rings (SSSR count). The summed E-state index contributed by atoms with van der Waals surface area (Å²) in [6, 6.07) is 15.1. The van der Waals surface area contributed by atoms with E-state index >= 15 is 0 Å². The number of hydroxylamine groups is 2.